The number of fused-ring (bicyclic) bond motifs is 1. The Morgan fingerprint density at radius 1 is 1.15 bits per heavy atom. The van der Waals surface area contributed by atoms with Gasteiger partial charge in [0.15, 0.2) is 0 Å². The van der Waals surface area contributed by atoms with Gasteiger partial charge in [0.25, 0.3) is 5.91 Å². The van der Waals surface area contributed by atoms with E-state index in [1.807, 2.05) is 25.3 Å². The fraction of sp³-hybridized carbons (Fsp3) is 0.308. The molecule has 0 fully saturated rings. The molecule has 2 heterocycles. The molecular weight excluding hydrogens is 494 g/mol. The van der Waals surface area contributed by atoms with Gasteiger partial charge in [-0.2, -0.15) is 0 Å². The topological polar surface area (TPSA) is 40.6 Å². The molecule has 2 unspecified atom stereocenters. The maximum Gasteiger partial charge on any atom is 0.254 e. The van der Waals surface area contributed by atoms with Crippen molar-refractivity contribution in [2.75, 3.05) is 13.1 Å². The third-order valence-corrected chi connectivity index (χ3v) is 8.06. The van der Waals surface area contributed by atoms with Crippen LogP contribution in [0.5, 0.6) is 0 Å². The zero-order valence-electron chi connectivity index (χ0n) is 18.9. The number of thiophene rings is 1. The number of amides is 2. The molecule has 1 aliphatic heterocycles. The van der Waals surface area contributed by atoms with Crippen LogP contribution in [0.2, 0.25) is 10.0 Å². The van der Waals surface area contributed by atoms with Crippen LogP contribution in [0.1, 0.15) is 52.7 Å². The molecule has 1 aliphatic rings. The summed E-state index contributed by atoms with van der Waals surface area (Å²) in [6.07, 6.45) is 1.44. The minimum atomic E-state index is -0.321. The summed E-state index contributed by atoms with van der Waals surface area (Å²) < 4.78 is 13.6. The van der Waals surface area contributed by atoms with Gasteiger partial charge in [-0.25, -0.2) is 4.39 Å². The molecule has 0 spiro atoms. The zero-order valence-corrected chi connectivity index (χ0v) is 21.3. The molecule has 0 saturated carbocycles. The summed E-state index contributed by atoms with van der Waals surface area (Å²) in [5.41, 5.74) is 2.29. The number of rotatable bonds is 6. The lowest BCUT2D eigenvalue weighted by molar-refractivity contribution is -0.134. The van der Waals surface area contributed by atoms with Crippen molar-refractivity contribution in [1.29, 1.82) is 0 Å². The van der Waals surface area contributed by atoms with Gasteiger partial charge < -0.3 is 9.80 Å². The van der Waals surface area contributed by atoms with Crippen LogP contribution in [-0.4, -0.2) is 40.7 Å². The number of carbonyl (C=O) groups excluding carboxylic acids is 2. The number of hydrogen-bond donors (Lipinski definition) is 0. The SMILES string of the molecule is CCC(C)N(CC(=O)N1CCc2sccc2C1c1ccc(F)cc1)C(=O)c1ccc(Cl)c(Cl)c1. The number of halogens is 3. The van der Waals surface area contributed by atoms with Crippen LogP contribution in [0, 0.1) is 5.82 Å². The van der Waals surface area contributed by atoms with Crippen molar-refractivity contribution >= 4 is 46.4 Å². The largest absolute Gasteiger partial charge is 0.330 e. The van der Waals surface area contributed by atoms with E-state index < -0.39 is 0 Å². The van der Waals surface area contributed by atoms with E-state index in [0.717, 1.165) is 17.5 Å². The summed E-state index contributed by atoms with van der Waals surface area (Å²) >= 11 is 13.8. The van der Waals surface area contributed by atoms with E-state index in [4.69, 9.17) is 23.2 Å². The van der Waals surface area contributed by atoms with Gasteiger partial charge in [-0.05, 0) is 72.7 Å². The van der Waals surface area contributed by atoms with E-state index in [1.165, 1.54) is 23.1 Å². The van der Waals surface area contributed by atoms with Crippen molar-refractivity contribution in [3.8, 4) is 0 Å². The first kappa shape index (κ1) is 24.7. The van der Waals surface area contributed by atoms with E-state index in [2.05, 4.69) is 0 Å². The molecule has 0 bridgehead atoms. The van der Waals surface area contributed by atoms with E-state index in [-0.39, 0.29) is 36.3 Å². The van der Waals surface area contributed by atoms with Crippen LogP contribution in [0.25, 0.3) is 0 Å². The van der Waals surface area contributed by atoms with Crippen LogP contribution < -0.4 is 0 Å². The monoisotopic (exact) mass is 518 g/mol. The third-order valence-electron chi connectivity index (χ3n) is 6.33. The average molecular weight is 519 g/mol. The van der Waals surface area contributed by atoms with Gasteiger partial charge in [0, 0.05) is 23.0 Å². The summed E-state index contributed by atoms with van der Waals surface area (Å²) in [5, 5.41) is 2.68. The lowest BCUT2D eigenvalue weighted by Crippen LogP contribution is -2.49. The maximum absolute atomic E-state index is 13.7. The zero-order chi connectivity index (χ0) is 24.4. The molecule has 2 aromatic carbocycles. The van der Waals surface area contributed by atoms with Gasteiger partial charge in [0.05, 0.1) is 16.1 Å². The van der Waals surface area contributed by atoms with Crippen LogP contribution in [-0.2, 0) is 11.2 Å². The predicted molar refractivity (Wildman–Crippen MR) is 135 cm³/mol. The fourth-order valence-corrected chi connectivity index (χ4v) is 5.47. The highest BCUT2D eigenvalue weighted by Crippen LogP contribution is 2.38. The first-order valence-electron chi connectivity index (χ1n) is 11.2. The smallest absolute Gasteiger partial charge is 0.254 e. The molecule has 4 rings (SSSR count). The van der Waals surface area contributed by atoms with Crippen molar-refractivity contribution in [2.24, 2.45) is 0 Å². The Kier molecular flexibility index (Phi) is 7.60. The van der Waals surface area contributed by atoms with Crippen LogP contribution >= 0.6 is 34.5 Å². The summed E-state index contributed by atoms with van der Waals surface area (Å²) in [4.78, 5) is 31.7. The Morgan fingerprint density at radius 3 is 2.56 bits per heavy atom. The Bertz CT molecular complexity index is 1200. The van der Waals surface area contributed by atoms with Crippen molar-refractivity contribution in [3.63, 3.8) is 0 Å². The number of hydrogen-bond acceptors (Lipinski definition) is 3. The highest BCUT2D eigenvalue weighted by Gasteiger charge is 2.35. The van der Waals surface area contributed by atoms with Crippen LogP contribution in [0.4, 0.5) is 4.39 Å². The number of carbonyl (C=O) groups is 2. The lowest BCUT2D eigenvalue weighted by atomic mass is 9.93. The average Bonchev–Trinajstić information content (AvgIpc) is 3.32. The highest BCUT2D eigenvalue weighted by molar-refractivity contribution is 7.10. The molecule has 178 valence electrons. The molecule has 2 amide bonds. The van der Waals surface area contributed by atoms with Gasteiger partial charge in [-0.15, -0.1) is 11.3 Å². The Morgan fingerprint density at radius 2 is 1.88 bits per heavy atom. The molecule has 8 heteroatoms. The van der Waals surface area contributed by atoms with Gasteiger partial charge >= 0.3 is 0 Å². The third kappa shape index (κ3) is 4.99. The number of benzene rings is 2. The van der Waals surface area contributed by atoms with Crippen molar-refractivity contribution in [2.45, 2.75) is 38.8 Å². The van der Waals surface area contributed by atoms with Crippen molar-refractivity contribution < 1.29 is 14.0 Å². The predicted octanol–water partition coefficient (Wildman–Crippen LogP) is 6.61. The molecule has 0 saturated heterocycles. The van der Waals surface area contributed by atoms with Gasteiger partial charge in [-0.1, -0.05) is 42.3 Å². The summed E-state index contributed by atoms with van der Waals surface area (Å²) in [7, 11) is 0. The Labute approximate surface area is 212 Å². The van der Waals surface area contributed by atoms with Gasteiger partial charge in [0.1, 0.15) is 12.4 Å². The fourth-order valence-electron chi connectivity index (χ4n) is 4.27. The second kappa shape index (κ2) is 10.5. The normalized spacial score (nSPS) is 16.1. The first-order chi connectivity index (χ1) is 16.3. The second-order valence-corrected chi connectivity index (χ2v) is 10.2. The minimum Gasteiger partial charge on any atom is -0.330 e. The van der Waals surface area contributed by atoms with Gasteiger partial charge in [-0.3, -0.25) is 9.59 Å². The molecule has 0 aliphatic carbocycles. The summed E-state index contributed by atoms with van der Waals surface area (Å²) in [6, 6.07) is 12.6. The minimum absolute atomic E-state index is 0.0642. The standard InChI is InChI=1S/C26H25Cl2FN2O2S/c1-3-16(2)31(26(33)18-6-9-21(27)22(28)14-18)15-24(32)30-12-10-23-20(11-13-34-23)25(30)17-4-7-19(29)8-5-17/h4-9,11,13-14,16,25H,3,10,12,15H2,1-2H3. The molecule has 0 N–H and O–H groups in total. The molecule has 4 nitrogen and oxygen atoms in total. The Hall–Kier alpha value is -2.41. The quantitative estimate of drug-likeness (QED) is 0.368. The first-order valence-corrected chi connectivity index (χ1v) is 12.8. The molecule has 1 aromatic heterocycles. The van der Waals surface area contributed by atoms with Crippen LogP contribution in [0.3, 0.4) is 0 Å². The second-order valence-electron chi connectivity index (χ2n) is 8.41. The highest BCUT2D eigenvalue weighted by atomic mass is 35.5. The van der Waals surface area contributed by atoms with E-state index in [1.54, 1.807) is 45.4 Å². The lowest BCUT2D eigenvalue weighted by Gasteiger charge is -2.38. The van der Waals surface area contributed by atoms with E-state index >= 15 is 0 Å². The van der Waals surface area contributed by atoms with E-state index in [0.29, 0.717) is 28.6 Å². The molecular formula is C26H25Cl2FN2O2S. The molecule has 0 radical (unpaired) electrons. The Balaban J connectivity index is 1.64. The molecule has 34 heavy (non-hydrogen) atoms. The maximum atomic E-state index is 13.7. The molecule has 3 aromatic rings. The molecule has 2 atom stereocenters. The number of nitrogens with zero attached hydrogens (tertiary/aromatic N) is 2. The summed E-state index contributed by atoms with van der Waals surface area (Å²) in [5.74, 6) is -0.745. The van der Waals surface area contributed by atoms with Crippen LogP contribution in [0.15, 0.2) is 53.9 Å². The summed E-state index contributed by atoms with van der Waals surface area (Å²) in [6.45, 7) is 4.37. The van der Waals surface area contributed by atoms with Crippen molar-refractivity contribution in [3.05, 3.63) is 91.3 Å². The van der Waals surface area contributed by atoms with Crippen molar-refractivity contribution in [1.82, 2.24) is 9.80 Å². The van der Waals surface area contributed by atoms with E-state index in [9.17, 15) is 14.0 Å². The van der Waals surface area contributed by atoms with Gasteiger partial charge in [0.2, 0.25) is 5.91 Å².